The molecule has 72 valence electrons. The van der Waals surface area contributed by atoms with E-state index in [0.29, 0.717) is 6.07 Å². The normalized spacial score (nSPS) is 10.8. The van der Waals surface area contributed by atoms with E-state index < -0.39 is 17.8 Å². The molecule has 6 heteroatoms. The van der Waals surface area contributed by atoms with Gasteiger partial charge in [0.05, 0.1) is 5.69 Å². The van der Waals surface area contributed by atoms with Crippen LogP contribution in [0.15, 0.2) is 6.07 Å². The molecule has 1 rings (SSSR count). The minimum absolute atomic E-state index is 0.0638. The highest BCUT2D eigenvalue weighted by Crippen LogP contribution is 2.25. The van der Waals surface area contributed by atoms with Crippen LogP contribution in [0, 0.1) is 5.82 Å². The molecule has 0 saturated carbocycles. The first-order chi connectivity index (χ1) is 6.06. The van der Waals surface area contributed by atoms with E-state index in [9.17, 15) is 13.2 Å². The van der Waals surface area contributed by atoms with Crippen LogP contribution in [0.2, 0.25) is 0 Å². The van der Waals surface area contributed by atoms with Gasteiger partial charge in [-0.3, -0.25) is 0 Å². The Morgan fingerprint density at radius 1 is 1.54 bits per heavy atom. The lowest BCUT2D eigenvalue weighted by Gasteiger charge is -2.06. The maximum atomic E-state index is 12.7. The molecule has 0 aliphatic rings. The number of alkyl halides is 3. The molecular weight excluding hydrogens is 249 g/mol. The van der Waals surface area contributed by atoms with Crippen LogP contribution in [0.1, 0.15) is 17.7 Å². The molecular formula is C7H6BrF3N2. The van der Waals surface area contributed by atoms with Crippen molar-refractivity contribution >= 4 is 21.7 Å². The lowest BCUT2D eigenvalue weighted by atomic mass is 10.2. The van der Waals surface area contributed by atoms with E-state index >= 15 is 0 Å². The summed E-state index contributed by atoms with van der Waals surface area (Å²) in [7, 11) is 0. The second kappa shape index (κ2) is 3.95. The first kappa shape index (κ1) is 10.3. The van der Waals surface area contributed by atoms with Crippen LogP contribution in [0.25, 0.3) is 0 Å². The van der Waals surface area contributed by atoms with Crippen LogP contribution < -0.4 is 5.73 Å². The number of aromatic nitrogens is 1. The van der Waals surface area contributed by atoms with E-state index in [1.54, 1.807) is 0 Å². The maximum absolute atomic E-state index is 12.7. The highest BCUT2D eigenvalue weighted by Gasteiger charge is 2.16. The van der Waals surface area contributed by atoms with Crippen LogP contribution >= 0.6 is 15.9 Å². The molecule has 0 aromatic carbocycles. The number of hydrogen-bond donors (Lipinski definition) is 1. The number of nitrogens with zero attached hydrogens (tertiary/aromatic N) is 1. The van der Waals surface area contributed by atoms with E-state index in [4.69, 9.17) is 5.73 Å². The minimum Gasteiger partial charge on any atom is -0.381 e. The van der Waals surface area contributed by atoms with Crippen molar-refractivity contribution in [2.24, 2.45) is 0 Å². The molecule has 0 amide bonds. The van der Waals surface area contributed by atoms with Gasteiger partial charge in [-0.2, -0.15) is 0 Å². The molecule has 0 spiro atoms. The molecule has 0 unspecified atom stereocenters. The summed E-state index contributed by atoms with van der Waals surface area (Å²) in [6.45, 7) is 0. The smallest absolute Gasteiger partial charge is 0.265 e. The van der Waals surface area contributed by atoms with Gasteiger partial charge in [0.1, 0.15) is 0 Å². The van der Waals surface area contributed by atoms with Gasteiger partial charge < -0.3 is 5.73 Å². The predicted octanol–water partition coefficient (Wildman–Crippen LogP) is 2.64. The van der Waals surface area contributed by atoms with Gasteiger partial charge >= 0.3 is 0 Å². The topological polar surface area (TPSA) is 38.9 Å². The SMILES string of the molecule is Nc1nc(CBr)c(C(F)F)cc1F. The average Bonchev–Trinajstić information content (AvgIpc) is 2.08. The van der Waals surface area contributed by atoms with Crippen molar-refractivity contribution in [3.63, 3.8) is 0 Å². The van der Waals surface area contributed by atoms with Crippen molar-refractivity contribution in [3.8, 4) is 0 Å². The Kier molecular flexibility index (Phi) is 3.13. The van der Waals surface area contributed by atoms with Crippen LogP contribution in [0.5, 0.6) is 0 Å². The quantitative estimate of drug-likeness (QED) is 0.825. The molecule has 0 aliphatic carbocycles. The standard InChI is InChI=1S/C7H6BrF3N2/c8-2-5-3(6(10)11)1-4(9)7(12)13-5/h1,6H,2H2,(H2,12,13). The number of pyridine rings is 1. The molecule has 0 radical (unpaired) electrons. The van der Waals surface area contributed by atoms with E-state index in [1.165, 1.54) is 0 Å². The molecule has 13 heavy (non-hydrogen) atoms. The van der Waals surface area contributed by atoms with Crippen LogP contribution in [0.4, 0.5) is 19.0 Å². The summed E-state index contributed by atoms with van der Waals surface area (Å²) >= 11 is 2.96. The van der Waals surface area contributed by atoms with Crippen LogP contribution in [-0.4, -0.2) is 4.98 Å². The Morgan fingerprint density at radius 2 is 2.15 bits per heavy atom. The molecule has 0 aliphatic heterocycles. The molecule has 0 atom stereocenters. The zero-order valence-corrected chi connectivity index (χ0v) is 7.98. The van der Waals surface area contributed by atoms with Gasteiger partial charge in [0.15, 0.2) is 11.6 Å². The third kappa shape index (κ3) is 2.12. The van der Waals surface area contributed by atoms with E-state index in [1.807, 2.05) is 0 Å². The zero-order chi connectivity index (χ0) is 10.0. The number of rotatable bonds is 2. The van der Waals surface area contributed by atoms with Crippen molar-refractivity contribution in [1.82, 2.24) is 4.98 Å². The van der Waals surface area contributed by atoms with Crippen molar-refractivity contribution in [1.29, 1.82) is 0 Å². The first-order valence-electron chi connectivity index (χ1n) is 3.35. The fraction of sp³-hybridized carbons (Fsp3) is 0.286. The second-order valence-corrected chi connectivity index (χ2v) is 2.89. The molecule has 0 saturated heterocycles. The molecule has 1 aromatic rings. The summed E-state index contributed by atoms with van der Waals surface area (Å²) in [5, 5.41) is 0.122. The molecule has 0 fully saturated rings. The molecule has 1 heterocycles. The summed E-state index contributed by atoms with van der Waals surface area (Å²) in [5.41, 5.74) is 4.75. The lowest BCUT2D eigenvalue weighted by Crippen LogP contribution is -2.03. The van der Waals surface area contributed by atoms with Gasteiger partial charge in [-0.05, 0) is 6.07 Å². The number of hydrogen-bond acceptors (Lipinski definition) is 2. The van der Waals surface area contributed by atoms with Gasteiger partial charge in [-0.25, -0.2) is 18.2 Å². The summed E-state index contributed by atoms with van der Waals surface area (Å²) < 4.78 is 37.2. The Morgan fingerprint density at radius 3 is 2.62 bits per heavy atom. The largest absolute Gasteiger partial charge is 0.381 e. The fourth-order valence-electron chi connectivity index (χ4n) is 0.853. The van der Waals surface area contributed by atoms with Gasteiger partial charge in [0, 0.05) is 10.9 Å². The maximum Gasteiger partial charge on any atom is 0.265 e. The third-order valence-corrected chi connectivity index (χ3v) is 2.01. The number of anilines is 1. The van der Waals surface area contributed by atoms with Gasteiger partial charge in [0.2, 0.25) is 0 Å². The summed E-state index contributed by atoms with van der Waals surface area (Å²) in [4.78, 5) is 3.49. The van der Waals surface area contributed by atoms with E-state index in [0.717, 1.165) is 0 Å². The third-order valence-electron chi connectivity index (χ3n) is 1.48. The number of nitrogen functional groups attached to an aromatic ring is 1. The Bertz CT molecular complexity index is 317. The lowest BCUT2D eigenvalue weighted by molar-refractivity contribution is 0.149. The summed E-state index contributed by atoms with van der Waals surface area (Å²) in [6, 6.07) is 0.712. The molecule has 2 nitrogen and oxygen atoms in total. The van der Waals surface area contributed by atoms with E-state index in [2.05, 4.69) is 20.9 Å². The van der Waals surface area contributed by atoms with Crippen molar-refractivity contribution in [2.45, 2.75) is 11.8 Å². The Balaban J connectivity index is 3.25. The molecule has 0 bridgehead atoms. The van der Waals surface area contributed by atoms with Gasteiger partial charge in [0.25, 0.3) is 6.43 Å². The van der Waals surface area contributed by atoms with E-state index in [-0.39, 0.29) is 16.8 Å². The predicted molar refractivity (Wildman–Crippen MR) is 46.2 cm³/mol. The summed E-state index contributed by atoms with van der Waals surface area (Å²) in [6.07, 6.45) is -2.74. The van der Waals surface area contributed by atoms with Crippen molar-refractivity contribution in [3.05, 3.63) is 23.1 Å². The Labute approximate surface area is 81.1 Å². The van der Waals surface area contributed by atoms with Crippen molar-refractivity contribution < 1.29 is 13.2 Å². The summed E-state index contributed by atoms with van der Waals surface area (Å²) in [5.74, 6) is -1.28. The monoisotopic (exact) mass is 254 g/mol. The fourth-order valence-corrected chi connectivity index (χ4v) is 1.30. The number of nitrogens with two attached hydrogens (primary N) is 1. The highest BCUT2D eigenvalue weighted by atomic mass is 79.9. The van der Waals surface area contributed by atoms with Crippen LogP contribution in [0.3, 0.4) is 0 Å². The molecule has 1 aromatic heterocycles. The van der Waals surface area contributed by atoms with Crippen LogP contribution in [-0.2, 0) is 5.33 Å². The first-order valence-corrected chi connectivity index (χ1v) is 4.47. The van der Waals surface area contributed by atoms with Gasteiger partial charge in [-0.1, -0.05) is 15.9 Å². The average molecular weight is 255 g/mol. The second-order valence-electron chi connectivity index (χ2n) is 2.33. The molecule has 2 N–H and O–H groups in total. The highest BCUT2D eigenvalue weighted by molar-refractivity contribution is 9.08. The Hall–Kier alpha value is -0.780. The zero-order valence-electron chi connectivity index (χ0n) is 6.40. The van der Waals surface area contributed by atoms with Crippen molar-refractivity contribution in [2.75, 3.05) is 5.73 Å². The van der Waals surface area contributed by atoms with Gasteiger partial charge in [-0.15, -0.1) is 0 Å². The minimum atomic E-state index is -2.74. The number of halogens is 4.